The predicted octanol–water partition coefficient (Wildman–Crippen LogP) is 2.41. The molecule has 0 aliphatic rings. The molecule has 0 aromatic carbocycles. The fraction of sp³-hybridized carbons (Fsp3) is 0.273. The number of nitrogens with zero attached hydrogens (tertiary/aromatic N) is 3. The molecule has 2 rings (SSSR count). The normalized spacial score (nSPS) is 10.3. The standard InChI is InChI=1S/C11H12N4O2S/c1-8-7-18-10(14-8)4-6-12-9-3-2-5-13-11(9)15(16)17/h2-3,5,7,12H,4,6H2,1H3. The topological polar surface area (TPSA) is 81.0 Å². The van der Waals surface area contributed by atoms with Crippen LogP contribution in [0, 0.1) is 17.0 Å². The van der Waals surface area contributed by atoms with Crippen molar-refractivity contribution in [2.45, 2.75) is 13.3 Å². The van der Waals surface area contributed by atoms with Gasteiger partial charge in [0.1, 0.15) is 11.9 Å². The van der Waals surface area contributed by atoms with Crippen molar-refractivity contribution in [3.05, 3.63) is 44.5 Å². The minimum absolute atomic E-state index is 0.146. The second kappa shape index (κ2) is 5.54. The maximum atomic E-state index is 10.8. The molecule has 0 saturated heterocycles. The summed E-state index contributed by atoms with van der Waals surface area (Å²) in [5.41, 5.74) is 1.44. The van der Waals surface area contributed by atoms with Crippen LogP contribution in [0.4, 0.5) is 11.5 Å². The molecule has 0 spiro atoms. The van der Waals surface area contributed by atoms with Crippen molar-refractivity contribution in [3.8, 4) is 0 Å². The number of rotatable bonds is 5. The van der Waals surface area contributed by atoms with Crippen molar-refractivity contribution in [2.24, 2.45) is 0 Å². The number of aryl methyl sites for hydroxylation is 1. The Balaban J connectivity index is 1.96. The van der Waals surface area contributed by atoms with Crippen LogP contribution in [0.25, 0.3) is 0 Å². The summed E-state index contributed by atoms with van der Waals surface area (Å²) in [6.07, 6.45) is 2.15. The van der Waals surface area contributed by atoms with E-state index in [1.165, 1.54) is 6.20 Å². The SMILES string of the molecule is Cc1csc(CCNc2cccnc2[N+](=O)[O-])n1. The van der Waals surface area contributed by atoms with E-state index in [-0.39, 0.29) is 5.82 Å². The van der Waals surface area contributed by atoms with Gasteiger partial charge in [0, 0.05) is 24.0 Å². The molecule has 0 fully saturated rings. The minimum atomic E-state index is -0.490. The lowest BCUT2D eigenvalue weighted by Crippen LogP contribution is -2.07. The van der Waals surface area contributed by atoms with Crippen molar-refractivity contribution in [2.75, 3.05) is 11.9 Å². The van der Waals surface area contributed by atoms with Crippen molar-refractivity contribution in [1.82, 2.24) is 9.97 Å². The Bertz CT molecular complexity index is 555. The molecule has 7 heteroatoms. The first kappa shape index (κ1) is 12.4. The van der Waals surface area contributed by atoms with Gasteiger partial charge in [-0.1, -0.05) is 0 Å². The van der Waals surface area contributed by atoms with Crippen molar-refractivity contribution >= 4 is 22.8 Å². The molecule has 0 aliphatic heterocycles. The fourth-order valence-corrected chi connectivity index (χ4v) is 2.28. The van der Waals surface area contributed by atoms with E-state index in [0.717, 1.165) is 17.1 Å². The van der Waals surface area contributed by atoms with Gasteiger partial charge in [-0.25, -0.2) is 4.98 Å². The summed E-state index contributed by atoms with van der Waals surface area (Å²) in [4.78, 5) is 18.3. The third-order valence-corrected chi connectivity index (χ3v) is 3.31. The molecule has 0 atom stereocenters. The molecule has 0 saturated carbocycles. The van der Waals surface area contributed by atoms with Crippen LogP contribution in [0.5, 0.6) is 0 Å². The van der Waals surface area contributed by atoms with E-state index in [0.29, 0.717) is 12.2 Å². The van der Waals surface area contributed by atoms with Gasteiger partial charge in [0.25, 0.3) is 0 Å². The van der Waals surface area contributed by atoms with E-state index in [1.54, 1.807) is 23.5 Å². The van der Waals surface area contributed by atoms with E-state index in [2.05, 4.69) is 15.3 Å². The highest BCUT2D eigenvalue weighted by molar-refractivity contribution is 7.09. The monoisotopic (exact) mass is 264 g/mol. The lowest BCUT2D eigenvalue weighted by molar-refractivity contribution is -0.388. The zero-order valence-corrected chi connectivity index (χ0v) is 10.6. The van der Waals surface area contributed by atoms with Crippen molar-refractivity contribution in [3.63, 3.8) is 0 Å². The number of hydrogen-bond acceptors (Lipinski definition) is 6. The van der Waals surface area contributed by atoms with Crippen molar-refractivity contribution in [1.29, 1.82) is 0 Å². The van der Waals surface area contributed by atoms with Gasteiger partial charge in [-0.15, -0.1) is 11.3 Å². The van der Waals surface area contributed by atoms with Gasteiger partial charge in [-0.05, 0) is 29.0 Å². The van der Waals surface area contributed by atoms with Crippen LogP contribution >= 0.6 is 11.3 Å². The molecule has 0 radical (unpaired) electrons. The molecule has 0 aliphatic carbocycles. The lowest BCUT2D eigenvalue weighted by atomic mass is 10.3. The zero-order chi connectivity index (χ0) is 13.0. The first-order chi connectivity index (χ1) is 8.66. The second-order valence-corrected chi connectivity index (χ2v) is 4.63. The largest absolute Gasteiger partial charge is 0.386 e. The van der Waals surface area contributed by atoms with Gasteiger partial charge in [-0.3, -0.25) is 0 Å². The van der Waals surface area contributed by atoms with E-state index < -0.39 is 4.92 Å². The summed E-state index contributed by atoms with van der Waals surface area (Å²) < 4.78 is 0. The summed E-state index contributed by atoms with van der Waals surface area (Å²) in [7, 11) is 0. The van der Waals surface area contributed by atoms with Crippen LogP contribution < -0.4 is 5.32 Å². The Hall–Kier alpha value is -2.02. The molecule has 2 heterocycles. The first-order valence-electron chi connectivity index (χ1n) is 5.41. The molecule has 0 amide bonds. The second-order valence-electron chi connectivity index (χ2n) is 3.69. The number of nitrogens with one attached hydrogen (secondary N) is 1. The predicted molar refractivity (Wildman–Crippen MR) is 69.9 cm³/mol. The number of pyridine rings is 1. The maximum absolute atomic E-state index is 10.8. The molecule has 0 unspecified atom stereocenters. The van der Waals surface area contributed by atoms with Crippen LogP contribution in [0.3, 0.4) is 0 Å². The Morgan fingerprint density at radius 3 is 3.06 bits per heavy atom. The molecule has 2 aromatic heterocycles. The molecule has 18 heavy (non-hydrogen) atoms. The summed E-state index contributed by atoms with van der Waals surface area (Å²) >= 11 is 1.59. The van der Waals surface area contributed by atoms with Gasteiger partial charge in [-0.2, -0.15) is 0 Å². The summed E-state index contributed by atoms with van der Waals surface area (Å²) in [6, 6.07) is 3.32. The highest BCUT2D eigenvalue weighted by Gasteiger charge is 2.13. The molecule has 6 nitrogen and oxygen atoms in total. The van der Waals surface area contributed by atoms with Crippen LogP contribution in [-0.4, -0.2) is 21.4 Å². The van der Waals surface area contributed by atoms with E-state index in [9.17, 15) is 10.1 Å². The highest BCUT2D eigenvalue weighted by atomic mass is 32.1. The van der Waals surface area contributed by atoms with Crippen LogP contribution in [0.15, 0.2) is 23.7 Å². The average Bonchev–Trinajstić information content (AvgIpc) is 2.75. The van der Waals surface area contributed by atoms with Crippen LogP contribution in [0.1, 0.15) is 10.7 Å². The van der Waals surface area contributed by atoms with Gasteiger partial charge in [0.05, 0.1) is 5.01 Å². The highest BCUT2D eigenvalue weighted by Crippen LogP contribution is 2.20. The van der Waals surface area contributed by atoms with Crippen molar-refractivity contribution < 1.29 is 4.92 Å². The Morgan fingerprint density at radius 2 is 2.39 bits per heavy atom. The number of anilines is 1. The number of nitro groups is 1. The molecule has 1 N–H and O–H groups in total. The Morgan fingerprint density at radius 1 is 1.56 bits per heavy atom. The Kier molecular flexibility index (Phi) is 3.83. The van der Waals surface area contributed by atoms with Crippen LogP contribution in [0.2, 0.25) is 0 Å². The van der Waals surface area contributed by atoms with Gasteiger partial charge in [0.2, 0.25) is 0 Å². The van der Waals surface area contributed by atoms with E-state index in [1.807, 2.05) is 12.3 Å². The third kappa shape index (κ3) is 3.01. The van der Waals surface area contributed by atoms with E-state index in [4.69, 9.17) is 0 Å². The quantitative estimate of drug-likeness (QED) is 0.662. The molecule has 0 bridgehead atoms. The summed E-state index contributed by atoms with van der Waals surface area (Å²) in [5, 5.41) is 16.8. The maximum Gasteiger partial charge on any atom is 0.386 e. The third-order valence-electron chi connectivity index (χ3n) is 2.28. The summed E-state index contributed by atoms with van der Waals surface area (Å²) in [5.74, 6) is -0.146. The minimum Gasteiger partial charge on any atom is -0.378 e. The van der Waals surface area contributed by atoms with Crippen LogP contribution in [-0.2, 0) is 6.42 Å². The molecule has 94 valence electrons. The number of aromatic nitrogens is 2. The number of hydrogen-bond donors (Lipinski definition) is 1. The first-order valence-corrected chi connectivity index (χ1v) is 6.29. The average molecular weight is 264 g/mol. The number of thiazole rings is 1. The summed E-state index contributed by atoms with van der Waals surface area (Å²) in [6.45, 7) is 2.54. The lowest BCUT2D eigenvalue weighted by Gasteiger charge is -2.04. The Labute approximate surface area is 108 Å². The van der Waals surface area contributed by atoms with Gasteiger partial charge < -0.3 is 15.4 Å². The van der Waals surface area contributed by atoms with Gasteiger partial charge >= 0.3 is 5.82 Å². The fourth-order valence-electron chi connectivity index (χ4n) is 1.50. The van der Waals surface area contributed by atoms with E-state index >= 15 is 0 Å². The smallest absolute Gasteiger partial charge is 0.378 e. The zero-order valence-electron chi connectivity index (χ0n) is 9.79. The molecular formula is C11H12N4O2S. The molecular weight excluding hydrogens is 252 g/mol. The van der Waals surface area contributed by atoms with Gasteiger partial charge in [0.15, 0.2) is 0 Å². The molecule has 2 aromatic rings.